The monoisotopic (exact) mass is 642 g/mol. The van der Waals surface area contributed by atoms with Gasteiger partial charge < -0.3 is 34.4 Å². The molecule has 11 nitrogen and oxygen atoms in total. The summed E-state index contributed by atoms with van der Waals surface area (Å²) in [6.45, 7) is -0.658. The van der Waals surface area contributed by atoms with Crippen molar-refractivity contribution in [2.75, 3.05) is 25.7 Å². The number of hydrogen-bond acceptors (Lipinski definition) is 9. The number of carbonyl (C=O) groups is 1. The number of halogens is 4. The van der Waals surface area contributed by atoms with Gasteiger partial charge in [0.1, 0.15) is 30.0 Å². The first kappa shape index (κ1) is 31.5. The van der Waals surface area contributed by atoms with E-state index in [0.29, 0.717) is 24.9 Å². The Morgan fingerprint density at radius 3 is 2.47 bits per heavy atom. The van der Waals surface area contributed by atoms with Crippen LogP contribution in [0.3, 0.4) is 0 Å². The topological polar surface area (TPSA) is 139 Å². The number of anilines is 1. The fourth-order valence-electron chi connectivity index (χ4n) is 5.79. The van der Waals surface area contributed by atoms with E-state index in [-0.39, 0.29) is 27.1 Å². The van der Waals surface area contributed by atoms with Gasteiger partial charge in [-0.2, -0.15) is 4.39 Å². The van der Waals surface area contributed by atoms with E-state index in [1.54, 1.807) is 0 Å². The zero-order valence-corrected chi connectivity index (χ0v) is 24.6. The number of amides is 1. The van der Waals surface area contributed by atoms with Crippen LogP contribution in [0.4, 0.5) is 14.5 Å². The summed E-state index contributed by atoms with van der Waals surface area (Å²) in [6, 6.07) is 4.98. The Balaban J connectivity index is 1.54. The van der Waals surface area contributed by atoms with Crippen molar-refractivity contribution in [3.05, 3.63) is 58.2 Å². The number of methoxy groups -OCH3 is 2. The molecule has 3 N–H and O–H groups in total. The summed E-state index contributed by atoms with van der Waals surface area (Å²) in [5.74, 6) is -3.29. The lowest BCUT2D eigenvalue weighted by molar-refractivity contribution is -0.211. The highest BCUT2D eigenvalue weighted by Gasteiger charge is 2.52. The van der Waals surface area contributed by atoms with Crippen LogP contribution >= 0.6 is 23.2 Å². The van der Waals surface area contributed by atoms with Gasteiger partial charge in [-0.3, -0.25) is 4.79 Å². The SMILES string of the molecule is COc1cc(-c2cn([C@H]3[C@@H](O)[C@@H](CO)O[C@@H](C(=O)N(c4cc(Cl)cc(Cl)c4)[C@H]4CCC[C@@H]4O)[C@@H]3OC)nn2)cc(F)c1F. The van der Waals surface area contributed by atoms with E-state index in [9.17, 15) is 28.9 Å². The highest BCUT2D eigenvalue weighted by atomic mass is 35.5. The minimum atomic E-state index is -1.43. The zero-order valence-electron chi connectivity index (χ0n) is 23.1. The molecule has 0 bridgehead atoms. The number of nitrogens with zero attached hydrogens (tertiary/aromatic N) is 4. The normalized spacial score (nSPS) is 27.3. The molecule has 2 heterocycles. The van der Waals surface area contributed by atoms with Crippen molar-refractivity contribution in [1.82, 2.24) is 15.0 Å². The molecular formula is C28H30Cl2F2N4O7. The van der Waals surface area contributed by atoms with Crippen LogP contribution < -0.4 is 9.64 Å². The Morgan fingerprint density at radius 2 is 1.86 bits per heavy atom. The molecule has 0 unspecified atom stereocenters. The summed E-state index contributed by atoms with van der Waals surface area (Å²) in [6.07, 6.45) is -3.12. The summed E-state index contributed by atoms with van der Waals surface area (Å²) < 4.78 is 46.0. The third-order valence-corrected chi connectivity index (χ3v) is 8.28. The molecule has 1 aliphatic carbocycles. The first-order valence-electron chi connectivity index (χ1n) is 13.5. The molecule has 2 aromatic carbocycles. The zero-order chi connectivity index (χ0) is 31.0. The first-order valence-corrected chi connectivity index (χ1v) is 14.2. The van der Waals surface area contributed by atoms with Crippen molar-refractivity contribution in [2.45, 2.75) is 61.9 Å². The number of carbonyl (C=O) groups excluding carboxylic acids is 1. The quantitative estimate of drug-likeness (QED) is 0.338. The minimum Gasteiger partial charge on any atom is -0.494 e. The molecular weight excluding hydrogens is 613 g/mol. The molecule has 1 aliphatic heterocycles. The van der Waals surface area contributed by atoms with Crippen molar-refractivity contribution in [3.63, 3.8) is 0 Å². The Kier molecular flexibility index (Phi) is 9.52. The van der Waals surface area contributed by atoms with Gasteiger partial charge in [0.2, 0.25) is 5.82 Å². The van der Waals surface area contributed by atoms with E-state index in [4.69, 9.17) is 37.4 Å². The predicted molar refractivity (Wildman–Crippen MR) is 151 cm³/mol. The number of aromatic nitrogens is 3. The molecule has 232 valence electrons. The van der Waals surface area contributed by atoms with Crippen molar-refractivity contribution < 1.29 is 43.1 Å². The Labute approximate surface area is 255 Å². The van der Waals surface area contributed by atoms with Crippen LogP contribution in [0.1, 0.15) is 25.3 Å². The van der Waals surface area contributed by atoms with Crippen molar-refractivity contribution in [3.8, 4) is 17.0 Å². The highest BCUT2D eigenvalue weighted by molar-refractivity contribution is 6.35. The van der Waals surface area contributed by atoms with Crippen LogP contribution in [0.25, 0.3) is 11.3 Å². The summed E-state index contributed by atoms with van der Waals surface area (Å²) in [4.78, 5) is 15.7. The van der Waals surface area contributed by atoms with Gasteiger partial charge in [0.05, 0.1) is 32.1 Å². The molecule has 1 amide bonds. The predicted octanol–water partition coefficient (Wildman–Crippen LogP) is 3.16. The van der Waals surface area contributed by atoms with E-state index in [0.717, 1.165) is 6.07 Å². The van der Waals surface area contributed by atoms with E-state index in [1.807, 2.05) is 0 Å². The van der Waals surface area contributed by atoms with Gasteiger partial charge in [-0.05, 0) is 49.6 Å². The number of hydrogen-bond donors (Lipinski definition) is 3. The molecule has 7 atom stereocenters. The van der Waals surface area contributed by atoms with Gasteiger partial charge in [-0.15, -0.1) is 5.10 Å². The lowest BCUT2D eigenvalue weighted by Gasteiger charge is -2.45. The summed E-state index contributed by atoms with van der Waals surface area (Å²) >= 11 is 12.5. The molecule has 1 aromatic heterocycles. The molecule has 3 aromatic rings. The average Bonchev–Trinajstić information content (AvgIpc) is 3.63. The number of aliphatic hydroxyl groups excluding tert-OH is 3. The number of ether oxygens (including phenoxy) is 3. The second-order valence-electron chi connectivity index (χ2n) is 10.4. The summed E-state index contributed by atoms with van der Waals surface area (Å²) in [5, 5.41) is 40.8. The minimum absolute atomic E-state index is 0.110. The van der Waals surface area contributed by atoms with Gasteiger partial charge in [0.15, 0.2) is 17.7 Å². The third-order valence-electron chi connectivity index (χ3n) is 7.85. The second-order valence-corrected chi connectivity index (χ2v) is 11.3. The standard InChI is InChI=1S/C28H30Cl2F2N4O7/c1-41-21-7-13(6-17(31)23(21)32)18-11-35(34-33-18)24-25(39)22(12-37)43-27(26(24)42-2)28(40)36(19-4-3-5-20(19)38)16-9-14(29)8-15(30)10-16/h6-11,19-20,22,24-27,37-39H,3-5,12H2,1-2H3/t19-,20-,22+,24-,25-,26+,27+/m0/s1. The van der Waals surface area contributed by atoms with Crippen LogP contribution in [0.15, 0.2) is 36.5 Å². The first-order chi connectivity index (χ1) is 20.6. The number of aliphatic hydroxyl groups is 3. The van der Waals surface area contributed by atoms with Gasteiger partial charge >= 0.3 is 0 Å². The van der Waals surface area contributed by atoms with E-state index in [1.165, 1.54) is 54.3 Å². The van der Waals surface area contributed by atoms with Gasteiger partial charge in [0.25, 0.3) is 5.91 Å². The molecule has 1 saturated heterocycles. The second kappa shape index (κ2) is 13.0. The Morgan fingerprint density at radius 1 is 1.14 bits per heavy atom. The van der Waals surface area contributed by atoms with Crippen molar-refractivity contribution in [2.24, 2.45) is 0 Å². The maximum atomic E-state index is 14.4. The van der Waals surface area contributed by atoms with Crippen LogP contribution in [0.2, 0.25) is 10.0 Å². The highest BCUT2D eigenvalue weighted by Crippen LogP contribution is 2.38. The lowest BCUT2D eigenvalue weighted by Crippen LogP contribution is -2.62. The Hall–Kier alpha value is -2.91. The molecule has 2 fully saturated rings. The molecule has 2 aliphatic rings. The summed E-state index contributed by atoms with van der Waals surface area (Å²) in [7, 11) is 2.51. The van der Waals surface area contributed by atoms with E-state index in [2.05, 4.69) is 10.3 Å². The largest absolute Gasteiger partial charge is 0.494 e. The smallest absolute Gasteiger partial charge is 0.259 e. The van der Waals surface area contributed by atoms with Crippen LogP contribution in [0, 0.1) is 11.6 Å². The number of rotatable bonds is 8. The van der Waals surface area contributed by atoms with Crippen LogP contribution in [-0.4, -0.2) is 93.6 Å². The lowest BCUT2D eigenvalue weighted by atomic mass is 9.91. The fourth-order valence-corrected chi connectivity index (χ4v) is 6.31. The third kappa shape index (κ3) is 6.07. The van der Waals surface area contributed by atoms with Gasteiger partial charge in [0, 0.05) is 28.4 Å². The number of benzene rings is 2. The molecule has 0 spiro atoms. The van der Waals surface area contributed by atoms with Crippen LogP contribution in [-0.2, 0) is 14.3 Å². The van der Waals surface area contributed by atoms with Crippen molar-refractivity contribution >= 4 is 34.8 Å². The van der Waals surface area contributed by atoms with Crippen molar-refractivity contribution in [1.29, 1.82) is 0 Å². The molecule has 5 rings (SSSR count). The maximum absolute atomic E-state index is 14.4. The molecule has 1 saturated carbocycles. The van der Waals surface area contributed by atoms with Gasteiger partial charge in [-0.25, -0.2) is 9.07 Å². The summed E-state index contributed by atoms with van der Waals surface area (Å²) in [5.41, 5.74) is 0.576. The molecule has 15 heteroatoms. The molecule has 43 heavy (non-hydrogen) atoms. The average molecular weight is 643 g/mol. The van der Waals surface area contributed by atoms with Gasteiger partial charge in [-0.1, -0.05) is 28.4 Å². The molecule has 0 radical (unpaired) electrons. The fraction of sp³-hybridized carbons (Fsp3) is 0.464. The Bertz CT molecular complexity index is 1460. The maximum Gasteiger partial charge on any atom is 0.259 e. The van der Waals surface area contributed by atoms with E-state index >= 15 is 0 Å². The van der Waals surface area contributed by atoms with E-state index < -0.39 is 66.8 Å². The van der Waals surface area contributed by atoms with Crippen LogP contribution in [0.5, 0.6) is 5.75 Å².